The molecule has 1 amide bonds. The highest BCUT2D eigenvalue weighted by Crippen LogP contribution is 2.35. The number of hydrogen-bond acceptors (Lipinski definition) is 3. The topological polar surface area (TPSA) is 68.0 Å². The van der Waals surface area contributed by atoms with Crippen molar-refractivity contribution >= 4 is 16.8 Å². The summed E-state index contributed by atoms with van der Waals surface area (Å²) in [5.74, 6) is 0.167. The maximum Gasteiger partial charge on any atom is 0.253 e. The van der Waals surface area contributed by atoms with E-state index in [1.165, 1.54) is 16.5 Å². The number of piperidine rings is 1. The minimum absolute atomic E-state index is 0.167. The second kappa shape index (κ2) is 7.91. The Kier molecular flexibility index (Phi) is 5.11. The van der Waals surface area contributed by atoms with Crippen molar-refractivity contribution < 1.29 is 4.79 Å². The van der Waals surface area contributed by atoms with Gasteiger partial charge in [-0.25, -0.2) is 0 Å². The van der Waals surface area contributed by atoms with E-state index in [1.807, 2.05) is 17.2 Å². The fraction of sp³-hybridized carbons (Fsp3) is 0.500. The second-order valence-electron chi connectivity index (χ2n) is 8.61. The summed E-state index contributed by atoms with van der Waals surface area (Å²) in [6.07, 6.45) is 7.23. The zero-order valence-electron chi connectivity index (χ0n) is 18.0. The summed E-state index contributed by atoms with van der Waals surface area (Å²) in [7, 11) is 0. The molecule has 158 valence electrons. The third kappa shape index (κ3) is 3.23. The second-order valence-corrected chi connectivity index (χ2v) is 8.61. The lowest BCUT2D eigenvalue weighted by molar-refractivity contribution is 0.0631. The van der Waals surface area contributed by atoms with Gasteiger partial charge in [-0.1, -0.05) is 13.8 Å². The van der Waals surface area contributed by atoms with Crippen LogP contribution in [0.15, 0.2) is 24.4 Å². The quantitative estimate of drug-likeness (QED) is 0.690. The number of nitrogens with zero attached hydrogens (tertiary/aromatic N) is 3. The number of aryl methyl sites for hydroxylation is 2. The van der Waals surface area contributed by atoms with Gasteiger partial charge in [-0.2, -0.15) is 5.10 Å². The largest absolute Gasteiger partial charge is 0.353 e. The number of benzene rings is 1. The fourth-order valence-corrected chi connectivity index (χ4v) is 5.38. The van der Waals surface area contributed by atoms with E-state index in [-0.39, 0.29) is 5.91 Å². The van der Waals surface area contributed by atoms with Crippen LogP contribution in [-0.2, 0) is 12.8 Å². The summed E-state index contributed by atoms with van der Waals surface area (Å²) in [4.78, 5) is 21.4. The highest BCUT2D eigenvalue weighted by atomic mass is 16.2. The summed E-state index contributed by atoms with van der Waals surface area (Å²) >= 11 is 0. The zero-order valence-corrected chi connectivity index (χ0v) is 18.0. The Morgan fingerprint density at radius 2 is 1.97 bits per heavy atom. The summed E-state index contributed by atoms with van der Waals surface area (Å²) in [6, 6.07) is 6.75. The Hall–Kier alpha value is -2.60. The number of H-pyrrole nitrogens is 2. The zero-order chi connectivity index (χ0) is 20.7. The Bertz CT molecular complexity index is 1050. The van der Waals surface area contributed by atoms with Crippen molar-refractivity contribution in [1.82, 2.24) is 25.0 Å². The summed E-state index contributed by atoms with van der Waals surface area (Å²) < 4.78 is 0. The highest BCUT2D eigenvalue weighted by Gasteiger charge is 2.27. The van der Waals surface area contributed by atoms with Gasteiger partial charge in [0.25, 0.3) is 5.91 Å². The van der Waals surface area contributed by atoms with Gasteiger partial charge in [-0.3, -0.25) is 9.89 Å². The molecule has 5 rings (SSSR count). The van der Waals surface area contributed by atoms with Crippen LogP contribution in [0.5, 0.6) is 0 Å². The molecule has 1 aromatic carbocycles. The molecule has 1 saturated heterocycles. The van der Waals surface area contributed by atoms with Crippen LogP contribution in [0.25, 0.3) is 22.3 Å². The Morgan fingerprint density at radius 1 is 1.17 bits per heavy atom. The number of aromatic nitrogens is 3. The Labute approximate surface area is 177 Å². The van der Waals surface area contributed by atoms with E-state index >= 15 is 0 Å². The van der Waals surface area contributed by atoms with Gasteiger partial charge >= 0.3 is 0 Å². The van der Waals surface area contributed by atoms with Crippen molar-refractivity contribution in [1.29, 1.82) is 0 Å². The van der Waals surface area contributed by atoms with Gasteiger partial charge in [0.2, 0.25) is 0 Å². The normalized spacial score (nSPS) is 17.2. The fourth-order valence-electron chi connectivity index (χ4n) is 5.38. The van der Waals surface area contributed by atoms with Gasteiger partial charge in [0.15, 0.2) is 0 Å². The number of likely N-dealkylation sites (tertiary alicyclic amines) is 1. The van der Waals surface area contributed by atoms with Crippen LogP contribution in [-0.4, -0.2) is 63.1 Å². The first-order chi connectivity index (χ1) is 14.7. The lowest BCUT2D eigenvalue weighted by Crippen LogP contribution is -2.46. The SMILES string of the molecule is CCN(CC)C1CCN(C(=O)c2ccc3[nH]c4c(c3c2)CCCc2cn[nH]c2-4)CC1. The van der Waals surface area contributed by atoms with E-state index in [4.69, 9.17) is 0 Å². The lowest BCUT2D eigenvalue weighted by atomic mass is 10.0. The van der Waals surface area contributed by atoms with E-state index < -0.39 is 0 Å². The van der Waals surface area contributed by atoms with Crippen molar-refractivity contribution in [2.75, 3.05) is 26.2 Å². The van der Waals surface area contributed by atoms with Gasteiger partial charge in [0.1, 0.15) is 0 Å². The molecule has 3 aromatic rings. The molecule has 30 heavy (non-hydrogen) atoms. The van der Waals surface area contributed by atoms with Crippen LogP contribution in [0.1, 0.15) is 54.6 Å². The molecule has 1 aliphatic carbocycles. The summed E-state index contributed by atoms with van der Waals surface area (Å²) in [6.45, 7) is 8.32. The number of carbonyl (C=O) groups excluding carboxylic acids is 1. The van der Waals surface area contributed by atoms with Crippen molar-refractivity contribution in [3.8, 4) is 11.4 Å². The van der Waals surface area contributed by atoms with E-state index in [2.05, 4.69) is 46.1 Å². The molecule has 6 heteroatoms. The molecular formula is C24H31N5O. The van der Waals surface area contributed by atoms with Crippen molar-refractivity contribution in [2.24, 2.45) is 0 Å². The van der Waals surface area contributed by atoms with Gasteiger partial charge in [0, 0.05) is 35.6 Å². The smallest absolute Gasteiger partial charge is 0.253 e. The molecule has 6 nitrogen and oxygen atoms in total. The lowest BCUT2D eigenvalue weighted by Gasteiger charge is -2.37. The number of rotatable bonds is 4. The molecule has 1 fully saturated rings. The van der Waals surface area contributed by atoms with Crippen LogP contribution < -0.4 is 0 Å². The number of nitrogens with one attached hydrogen (secondary N) is 2. The molecular weight excluding hydrogens is 374 g/mol. The number of carbonyl (C=O) groups is 1. The molecule has 2 aromatic heterocycles. The summed E-state index contributed by atoms with van der Waals surface area (Å²) in [5.41, 5.74) is 6.72. The first kappa shape index (κ1) is 19.4. The predicted octanol–water partition coefficient (Wildman–Crippen LogP) is 3.99. The molecule has 1 aliphatic heterocycles. The van der Waals surface area contributed by atoms with Gasteiger partial charge < -0.3 is 14.8 Å². The van der Waals surface area contributed by atoms with Gasteiger partial charge in [0.05, 0.1) is 17.6 Å². The van der Waals surface area contributed by atoms with Crippen LogP contribution in [0.4, 0.5) is 0 Å². The first-order valence-corrected chi connectivity index (χ1v) is 11.4. The van der Waals surface area contributed by atoms with E-state index in [0.29, 0.717) is 6.04 Å². The third-order valence-electron chi connectivity index (χ3n) is 7.07. The Morgan fingerprint density at radius 3 is 2.73 bits per heavy atom. The summed E-state index contributed by atoms with van der Waals surface area (Å²) in [5, 5.41) is 8.59. The number of fused-ring (bicyclic) bond motifs is 5. The maximum atomic E-state index is 13.3. The average Bonchev–Trinajstić information content (AvgIpc) is 3.35. The number of aromatic amines is 2. The molecule has 0 atom stereocenters. The van der Waals surface area contributed by atoms with Crippen LogP contribution >= 0.6 is 0 Å². The molecule has 0 bridgehead atoms. The maximum absolute atomic E-state index is 13.3. The average molecular weight is 406 g/mol. The first-order valence-electron chi connectivity index (χ1n) is 11.4. The van der Waals surface area contributed by atoms with E-state index in [9.17, 15) is 4.79 Å². The minimum atomic E-state index is 0.167. The van der Waals surface area contributed by atoms with Crippen LogP contribution in [0.2, 0.25) is 0 Å². The molecule has 0 spiro atoms. The van der Waals surface area contributed by atoms with E-state index in [1.54, 1.807) is 0 Å². The monoisotopic (exact) mass is 405 g/mol. The van der Waals surface area contributed by atoms with Crippen molar-refractivity contribution in [3.63, 3.8) is 0 Å². The Balaban J connectivity index is 1.40. The molecule has 0 radical (unpaired) electrons. The minimum Gasteiger partial charge on any atom is -0.353 e. The number of hydrogen-bond donors (Lipinski definition) is 2. The molecule has 3 heterocycles. The van der Waals surface area contributed by atoms with Crippen molar-refractivity contribution in [2.45, 2.75) is 52.0 Å². The van der Waals surface area contributed by atoms with Gasteiger partial charge in [-0.15, -0.1) is 0 Å². The van der Waals surface area contributed by atoms with Crippen molar-refractivity contribution in [3.05, 3.63) is 41.1 Å². The standard InChI is InChI=1S/C24H31N5O/c1-3-28(4-2)18-10-12-29(13-11-18)24(30)16-8-9-21-20(14-16)19-7-5-6-17-15-25-27-22(17)23(19)26-21/h8-9,14-15,18,26H,3-7,10-13H2,1-2H3,(H,25,27). The molecule has 0 saturated carbocycles. The molecule has 2 N–H and O–H groups in total. The van der Waals surface area contributed by atoms with Crippen LogP contribution in [0.3, 0.4) is 0 Å². The molecule has 0 unspecified atom stereocenters. The number of amides is 1. The highest BCUT2D eigenvalue weighted by molar-refractivity contribution is 6.00. The van der Waals surface area contributed by atoms with Gasteiger partial charge in [-0.05, 0) is 74.5 Å². The molecule has 2 aliphatic rings. The predicted molar refractivity (Wildman–Crippen MR) is 120 cm³/mol. The van der Waals surface area contributed by atoms with E-state index in [0.717, 1.165) is 80.8 Å². The third-order valence-corrected chi connectivity index (χ3v) is 7.07. The van der Waals surface area contributed by atoms with Crippen LogP contribution in [0, 0.1) is 0 Å².